The molecule has 2 aromatic rings. The van der Waals surface area contributed by atoms with Crippen LogP contribution in [0.5, 0.6) is 0 Å². The Labute approximate surface area is 162 Å². The molecule has 0 radical (unpaired) electrons. The van der Waals surface area contributed by atoms with Gasteiger partial charge < -0.3 is 14.8 Å². The minimum atomic E-state index is -0.473. The Morgan fingerprint density at radius 1 is 1.11 bits per heavy atom. The number of hydrogen-bond acceptors (Lipinski definition) is 4. The molecule has 4 rings (SSSR count). The van der Waals surface area contributed by atoms with Gasteiger partial charge in [-0.15, -0.1) is 0 Å². The number of morpholine rings is 1. The van der Waals surface area contributed by atoms with E-state index in [0.29, 0.717) is 33.0 Å². The third kappa shape index (κ3) is 4.38. The molecular formula is C21H22F2N2O3. The standard InChI is InChI=1S/C21H22F2N2O3/c22-17-2-4-20(23)15(7-17)10-25-5-6-27-13-19(25)9-21(26)24-18-3-1-14-11-28-12-16(14)8-18/h1-4,7-8,19H,5-6,9-13H2,(H,24,26)/t19-/m1/s1. The molecule has 5 nitrogen and oxygen atoms in total. The molecule has 0 bridgehead atoms. The maximum absolute atomic E-state index is 14.0. The quantitative estimate of drug-likeness (QED) is 0.855. The number of anilines is 1. The van der Waals surface area contributed by atoms with Crippen LogP contribution in [0.3, 0.4) is 0 Å². The smallest absolute Gasteiger partial charge is 0.226 e. The van der Waals surface area contributed by atoms with E-state index in [1.807, 2.05) is 23.1 Å². The zero-order chi connectivity index (χ0) is 19.5. The summed E-state index contributed by atoms with van der Waals surface area (Å²) in [6.07, 6.45) is 0.213. The van der Waals surface area contributed by atoms with Crippen LogP contribution in [0.1, 0.15) is 23.1 Å². The number of carbonyl (C=O) groups is 1. The second kappa shape index (κ2) is 8.34. The largest absolute Gasteiger partial charge is 0.378 e. The maximum Gasteiger partial charge on any atom is 0.226 e. The molecule has 148 valence electrons. The van der Waals surface area contributed by atoms with E-state index in [1.54, 1.807) is 0 Å². The first kappa shape index (κ1) is 19.0. The molecule has 2 aliphatic heterocycles. The summed E-state index contributed by atoms with van der Waals surface area (Å²) in [5.74, 6) is -1.06. The Balaban J connectivity index is 1.40. The molecule has 0 spiro atoms. The van der Waals surface area contributed by atoms with Crippen LogP contribution in [0.15, 0.2) is 36.4 Å². The van der Waals surface area contributed by atoms with Gasteiger partial charge in [0.15, 0.2) is 0 Å². The van der Waals surface area contributed by atoms with Crippen LogP contribution in [0, 0.1) is 11.6 Å². The van der Waals surface area contributed by atoms with Crippen LogP contribution in [0.25, 0.3) is 0 Å². The number of rotatable bonds is 5. The number of nitrogens with zero attached hydrogens (tertiary/aromatic N) is 1. The van der Waals surface area contributed by atoms with Crippen molar-refractivity contribution in [3.8, 4) is 0 Å². The fourth-order valence-corrected chi connectivity index (χ4v) is 3.64. The van der Waals surface area contributed by atoms with Gasteiger partial charge in [0.05, 0.1) is 26.4 Å². The first-order valence-electron chi connectivity index (χ1n) is 9.33. The van der Waals surface area contributed by atoms with Gasteiger partial charge in [-0.25, -0.2) is 8.78 Å². The highest BCUT2D eigenvalue weighted by Gasteiger charge is 2.26. The fourth-order valence-electron chi connectivity index (χ4n) is 3.64. The van der Waals surface area contributed by atoms with E-state index < -0.39 is 11.6 Å². The molecule has 0 aliphatic carbocycles. The Morgan fingerprint density at radius 3 is 2.86 bits per heavy atom. The fraction of sp³-hybridized carbons (Fsp3) is 0.381. The number of carbonyl (C=O) groups excluding carboxylic acids is 1. The number of hydrogen-bond donors (Lipinski definition) is 1. The molecule has 0 aromatic heterocycles. The number of ether oxygens (including phenoxy) is 2. The zero-order valence-electron chi connectivity index (χ0n) is 15.4. The van der Waals surface area contributed by atoms with Crippen molar-refractivity contribution in [3.05, 3.63) is 64.7 Å². The van der Waals surface area contributed by atoms with Gasteiger partial charge in [0.2, 0.25) is 5.91 Å². The van der Waals surface area contributed by atoms with E-state index in [4.69, 9.17) is 9.47 Å². The summed E-state index contributed by atoms with van der Waals surface area (Å²) in [5, 5.41) is 2.91. The lowest BCUT2D eigenvalue weighted by Crippen LogP contribution is -2.46. The van der Waals surface area contributed by atoms with Crippen LogP contribution < -0.4 is 5.32 Å². The van der Waals surface area contributed by atoms with Crippen LogP contribution in [0.4, 0.5) is 14.5 Å². The summed E-state index contributed by atoms with van der Waals surface area (Å²) in [7, 11) is 0. The van der Waals surface area contributed by atoms with Crippen molar-refractivity contribution in [3.63, 3.8) is 0 Å². The predicted octanol–water partition coefficient (Wildman–Crippen LogP) is 3.22. The van der Waals surface area contributed by atoms with Crippen molar-refractivity contribution >= 4 is 11.6 Å². The first-order chi connectivity index (χ1) is 13.6. The van der Waals surface area contributed by atoms with Crippen molar-refractivity contribution < 1.29 is 23.0 Å². The number of nitrogens with one attached hydrogen (secondary N) is 1. The Bertz CT molecular complexity index is 875. The van der Waals surface area contributed by atoms with E-state index in [9.17, 15) is 13.6 Å². The molecule has 1 N–H and O–H groups in total. The van der Waals surface area contributed by atoms with Gasteiger partial charge in [0.25, 0.3) is 0 Å². The minimum absolute atomic E-state index is 0.140. The summed E-state index contributed by atoms with van der Waals surface area (Å²) < 4.78 is 38.4. The Kier molecular flexibility index (Phi) is 5.66. The van der Waals surface area contributed by atoms with Crippen molar-refractivity contribution in [2.75, 3.05) is 25.1 Å². The first-order valence-corrected chi connectivity index (χ1v) is 9.33. The molecule has 28 heavy (non-hydrogen) atoms. The molecule has 2 aliphatic rings. The summed E-state index contributed by atoms with van der Waals surface area (Å²) in [6.45, 7) is 2.84. The van der Waals surface area contributed by atoms with Crippen molar-refractivity contribution in [2.24, 2.45) is 0 Å². The van der Waals surface area contributed by atoms with Crippen LogP contribution in [0.2, 0.25) is 0 Å². The van der Waals surface area contributed by atoms with Gasteiger partial charge in [0, 0.05) is 36.8 Å². The lowest BCUT2D eigenvalue weighted by Gasteiger charge is -2.35. The lowest BCUT2D eigenvalue weighted by atomic mass is 10.1. The molecule has 0 saturated carbocycles. The van der Waals surface area contributed by atoms with Gasteiger partial charge in [-0.05, 0) is 41.5 Å². The molecule has 1 amide bonds. The second-order valence-corrected chi connectivity index (χ2v) is 7.16. The van der Waals surface area contributed by atoms with Crippen LogP contribution in [-0.2, 0) is 34.0 Å². The van der Waals surface area contributed by atoms with Crippen LogP contribution in [-0.4, -0.2) is 36.6 Å². The third-order valence-electron chi connectivity index (χ3n) is 5.16. The van der Waals surface area contributed by atoms with Gasteiger partial charge in [0.1, 0.15) is 11.6 Å². The van der Waals surface area contributed by atoms with Gasteiger partial charge in [-0.2, -0.15) is 0 Å². The minimum Gasteiger partial charge on any atom is -0.378 e. The van der Waals surface area contributed by atoms with E-state index in [-0.39, 0.29) is 30.5 Å². The molecule has 1 fully saturated rings. The summed E-state index contributed by atoms with van der Waals surface area (Å²) in [5.41, 5.74) is 3.24. The normalized spacial score (nSPS) is 19.4. The van der Waals surface area contributed by atoms with Crippen molar-refractivity contribution in [1.82, 2.24) is 4.90 Å². The topological polar surface area (TPSA) is 50.8 Å². The molecule has 1 saturated heterocycles. The van der Waals surface area contributed by atoms with Crippen molar-refractivity contribution in [1.29, 1.82) is 0 Å². The average molecular weight is 388 g/mol. The third-order valence-corrected chi connectivity index (χ3v) is 5.16. The maximum atomic E-state index is 14.0. The highest BCUT2D eigenvalue weighted by Crippen LogP contribution is 2.24. The highest BCUT2D eigenvalue weighted by atomic mass is 19.1. The molecule has 2 aromatic carbocycles. The van der Waals surface area contributed by atoms with Gasteiger partial charge >= 0.3 is 0 Å². The predicted molar refractivity (Wildman–Crippen MR) is 99.6 cm³/mol. The molecule has 0 unspecified atom stereocenters. The van der Waals surface area contributed by atoms with Gasteiger partial charge in [-0.1, -0.05) is 6.07 Å². The average Bonchev–Trinajstić information content (AvgIpc) is 3.14. The van der Waals surface area contributed by atoms with Crippen LogP contribution >= 0.6 is 0 Å². The number of amides is 1. The molecule has 1 atom stereocenters. The number of benzene rings is 2. The van der Waals surface area contributed by atoms with E-state index in [0.717, 1.165) is 28.9 Å². The van der Waals surface area contributed by atoms with E-state index >= 15 is 0 Å². The monoisotopic (exact) mass is 388 g/mol. The SMILES string of the molecule is O=C(C[C@@H]1COCCN1Cc1cc(F)ccc1F)Nc1ccc2c(c1)COC2. The highest BCUT2D eigenvalue weighted by molar-refractivity contribution is 5.91. The van der Waals surface area contributed by atoms with Crippen molar-refractivity contribution in [2.45, 2.75) is 32.2 Å². The van der Waals surface area contributed by atoms with E-state index in [1.165, 1.54) is 6.07 Å². The Morgan fingerprint density at radius 2 is 1.96 bits per heavy atom. The summed E-state index contributed by atoms with van der Waals surface area (Å²) >= 11 is 0. The summed E-state index contributed by atoms with van der Waals surface area (Å²) in [6, 6.07) is 8.99. The molecule has 2 heterocycles. The zero-order valence-corrected chi connectivity index (χ0v) is 15.4. The molecule has 7 heteroatoms. The lowest BCUT2D eigenvalue weighted by molar-refractivity contribution is -0.119. The summed E-state index contributed by atoms with van der Waals surface area (Å²) in [4.78, 5) is 14.5. The molecular weight excluding hydrogens is 366 g/mol. The Hall–Kier alpha value is -2.35. The number of halogens is 2. The van der Waals surface area contributed by atoms with Gasteiger partial charge in [-0.3, -0.25) is 9.69 Å². The second-order valence-electron chi connectivity index (χ2n) is 7.16. The van der Waals surface area contributed by atoms with E-state index in [2.05, 4.69) is 5.32 Å². The number of fused-ring (bicyclic) bond motifs is 1.